The van der Waals surface area contributed by atoms with E-state index in [0.717, 1.165) is 11.4 Å². The zero-order valence-electron chi connectivity index (χ0n) is 9.99. The van der Waals surface area contributed by atoms with Gasteiger partial charge in [-0.2, -0.15) is 18.3 Å². The second-order valence-electron chi connectivity index (χ2n) is 3.57. The highest BCUT2D eigenvalue weighted by atomic mass is 19.4. The summed E-state index contributed by atoms with van der Waals surface area (Å²) in [5.74, 6) is -3.87. The lowest BCUT2D eigenvalue weighted by atomic mass is 10.4. The van der Waals surface area contributed by atoms with Crippen LogP contribution in [0.4, 0.5) is 13.2 Å². The Labute approximate surface area is 105 Å². The molecule has 0 aromatic carbocycles. The highest BCUT2D eigenvalue weighted by Crippen LogP contribution is 2.15. The summed E-state index contributed by atoms with van der Waals surface area (Å²) in [4.78, 5) is 21.8. The number of carbonyl (C=O) groups excluding carboxylic acids is 2. The second-order valence-corrected chi connectivity index (χ2v) is 3.57. The summed E-state index contributed by atoms with van der Waals surface area (Å²) in [6.45, 7) is 0. The van der Waals surface area contributed by atoms with Crippen molar-refractivity contribution < 1.29 is 27.2 Å². The molecule has 0 fully saturated rings. The van der Waals surface area contributed by atoms with Crippen LogP contribution in [0.25, 0.3) is 0 Å². The molecule has 0 saturated carbocycles. The number of amides is 2. The Morgan fingerprint density at radius 1 is 1.37 bits per heavy atom. The third-order valence-electron chi connectivity index (χ3n) is 1.75. The molecule has 0 spiro atoms. The summed E-state index contributed by atoms with van der Waals surface area (Å²) in [5, 5.41) is 6.42. The molecule has 2 amide bonds. The van der Waals surface area contributed by atoms with Gasteiger partial charge in [0.25, 0.3) is 5.91 Å². The van der Waals surface area contributed by atoms with Crippen LogP contribution in [0.5, 0.6) is 0 Å². The van der Waals surface area contributed by atoms with E-state index in [-0.39, 0.29) is 5.76 Å². The van der Waals surface area contributed by atoms with Crippen molar-refractivity contribution in [2.75, 3.05) is 14.1 Å². The number of nitrogens with one attached hydrogen (secondary N) is 1. The normalized spacial score (nSPS) is 11.6. The lowest BCUT2D eigenvalue weighted by Crippen LogP contribution is -2.40. The average Bonchev–Trinajstić information content (AvgIpc) is 2.73. The van der Waals surface area contributed by atoms with E-state index in [9.17, 15) is 22.8 Å². The first kappa shape index (κ1) is 14.7. The Hall–Kier alpha value is -2.32. The van der Waals surface area contributed by atoms with Crippen molar-refractivity contribution >= 4 is 18.0 Å². The third kappa shape index (κ3) is 4.45. The predicted molar refractivity (Wildman–Crippen MR) is 58.5 cm³/mol. The van der Waals surface area contributed by atoms with Crippen molar-refractivity contribution in [1.29, 1.82) is 0 Å². The van der Waals surface area contributed by atoms with E-state index in [1.165, 1.54) is 17.3 Å². The molecule has 1 heterocycles. The lowest BCUT2D eigenvalue weighted by molar-refractivity contribution is -0.172. The number of imide groups is 1. The van der Waals surface area contributed by atoms with Crippen molar-refractivity contribution in [3.63, 3.8) is 0 Å². The van der Waals surface area contributed by atoms with Gasteiger partial charge >= 0.3 is 12.1 Å². The Morgan fingerprint density at radius 2 is 2.00 bits per heavy atom. The standard InChI is InChI=1S/C10H10F3N3O3/c1-16(2)14-5-6-3-4-7(19-6)8(17)15-9(18)10(11,12)13/h3-5H,1-2H3,(H,15,17,18)/b14-5-. The van der Waals surface area contributed by atoms with Gasteiger partial charge in [0.05, 0.1) is 6.21 Å². The largest absolute Gasteiger partial charge is 0.471 e. The first-order valence-corrected chi connectivity index (χ1v) is 4.94. The highest BCUT2D eigenvalue weighted by molar-refractivity contribution is 6.05. The van der Waals surface area contributed by atoms with Crippen molar-refractivity contribution in [3.8, 4) is 0 Å². The predicted octanol–water partition coefficient (Wildman–Crippen LogP) is 0.994. The summed E-state index contributed by atoms with van der Waals surface area (Å²) in [6.07, 6.45) is -3.86. The zero-order valence-corrected chi connectivity index (χ0v) is 9.99. The highest BCUT2D eigenvalue weighted by Gasteiger charge is 2.40. The Balaban J connectivity index is 2.72. The molecular weight excluding hydrogens is 267 g/mol. The number of furan rings is 1. The van der Waals surface area contributed by atoms with Gasteiger partial charge in [0.15, 0.2) is 5.76 Å². The van der Waals surface area contributed by atoms with Crippen LogP contribution in [0.15, 0.2) is 21.7 Å². The minimum Gasteiger partial charge on any atom is -0.450 e. The Kier molecular flexibility index (Phi) is 4.30. The SMILES string of the molecule is CN(C)/N=C\c1ccc(C(=O)NC(=O)C(F)(F)F)o1. The fourth-order valence-corrected chi connectivity index (χ4v) is 0.952. The van der Waals surface area contributed by atoms with Gasteiger partial charge in [0.1, 0.15) is 5.76 Å². The molecule has 0 atom stereocenters. The molecule has 9 heteroatoms. The number of carbonyl (C=O) groups is 2. The van der Waals surface area contributed by atoms with Crippen LogP contribution >= 0.6 is 0 Å². The lowest BCUT2D eigenvalue weighted by Gasteiger charge is -2.04. The van der Waals surface area contributed by atoms with E-state index in [1.54, 1.807) is 14.1 Å². The van der Waals surface area contributed by atoms with Gasteiger partial charge in [-0.05, 0) is 12.1 Å². The molecule has 0 aliphatic heterocycles. The number of halogens is 3. The summed E-state index contributed by atoms with van der Waals surface area (Å²) in [6, 6.07) is 2.47. The smallest absolute Gasteiger partial charge is 0.450 e. The van der Waals surface area contributed by atoms with Crippen molar-refractivity contribution in [1.82, 2.24) is 10.3 Å². The minimum atomic E-state index is -5.13. The number of hydrogen-bond acceptors (Lipinski definition) is 5. The molecule has 0 unspecified atom stereocenters. The molecule has 1 N–H and O–H groups in total. The van der Waals surface area contributed by atoms with Crippen molar-refractivity contribution in [2.45, 2.75) is 6.18 Å². The van der Waals surface area contributed by atoms with Gasteiger partial charge in [0.2, 0.25) is 0 Å². The van der Waals surface area contributed by atoms with Gasteiger partial charge < -0.3 is 9.43 Å². The number of hydrogen-bond donors (Lipinski definition) is 1. The number of alkyl halides is 3. The maximum absolute atomic E-state index is 11.9. The number of hydrazone groups is 1. The molecule has 6 nitrogen and oxygen atoms in total. The van der Waals surface area contributed by atoms with E-state index in [4.69, 9.17) is 4.42 Å². The summed E-state index contributed by atoms with van der Waals surface area (Å²) >= 11 is 0. The average molecular weight is 277 g/mol. The summed E-state index contributed by atoms with van der Waals surface area (Å²) in [7, 11) is 3.30. The second kappa shape index (κ2) is 5.55. The molecule has 0 saturated heterocycles. The van der Waals surface area contributed by atoms with Crippen molar-refractivity contribution in [3.05, 3.63) is 23.7 Å². The molecule has 1 aromatic rings. The van der Waals surface area contributed by atoms with Gasteiger partial charge in [0, 0.05) is 14.1 Å². The molecule has 19 heavy (non-hydrogen) atoms. The molecule has 0 radical (unpaired) electrons. The Bertz CT molecular complexity index is 506. The van der Waals surface area contributed by atoms with Crippen LogP contribution in [0, 0.1) is 0 Å². The first-order valence-electron chi connectivity index (χ1n) is 4.94. The van der Waals surface area contributed by atoms with Gasteiger partial charge in [-0.25, -0.2) is 0 Å². The molecule has 0 aliphatic carbocycles. The van der Waals surface area contributed by atoms with Crippen LogP contribution in [-0.2, 0) is 4.79 Å². The van der Waals surface area contributed by atoms with E-state index in [2.05, 4.69) is 5.10 Å². The van der Waals surface area contributed by atoms with Gasteiger partial charge in [-0.3, -0.25) is 14.9 Å². The minimum absolute atomic E-state index is 0.165. The summed E-state index contributed by atoms with van der Waals surface area (Å²) < 4.78 is 40.7. The van der Waals surface area contributed by atoms with Crippen LogP contribution < -0.4 is 5.32 Å². The number of rotatable bonds is 3. The van der Waals surface area contributed by atoms with Crippen LogP contribution in [-0.4, -0.2) is 43.3 Å². The Morgan fingerprint density at radius 3 is 2.53 bits per heavy atom. The quantitative estimate of drug-likeness (QED) is 0.660. The van der Waals surface area contributed by atoms with Crippen LogP contribution in [0.3, 0.4) is 0 Å². The fraction of sp³-hybridized carbons (Fsp3) is 0.300. The number of nitrogens with zero attached hydrogens (tertiary/aromatic N) is 2. The molecule has 0 bridgehead atoms. The van der Waals surface area contributed by atoms with Gasteiger partial charge in [-0.1, -0.05) is 0 Å². The zero-order chi connectivity index (χ0) is 14.6. The summed E-state index contributed by atoms with van der Waals surface area (Å²) in [5.41, 5.74) is 0. The molecule has 1 aromatic heterocycles. The van der Waals surface area contributed by atoms with Crippen molar-refractivity contribution in [2.24, 2.45) is 5.10 Å². The van der Waals surface area contributed by atoms with E-state index >= 15 is 0 Å². The monoisotopic (exact) mass is 277 g/mol. The maximum Gasteiger partial charge on any atom is 0.471 e. The van der Waals surface area contributed by atoms with Crippen LogP contribution in [0.2, 0.25) is 0 Å². The first-order chi connectivity index (χ1) is 8.70. The fourth-order valence-electron chi connectivity index (χ4n) is 0.952. The van der Waals surface area contributed by atoms with E-state index < -0.39 is 23.8 Å². The van der Waals surface area contributed by atoms with Gasteiger partial charge in [-0.15, -0.1) is 0 Å². The van der Waals surface area contributed by atoms with E-state index in [0.29, 0.717) is 0 Å². The molecule has 104 valence electrons. The molecule has 1 rings (SSSR count). The van der Waals surface area contributed by atoms with Crippen LogP contribution in [0.1, 0.15) is 16.3 Å². The van der Waals surface area contributed by atoms with E-state index in [1.807, 2.05) is 0 Å². The molecular formula is C10H10F3N3O3. The third-order valence-corrected chi connectivity index (χ3v) is 1.75. The topological polar surface area (TPSA) is 74.9 Å². The maximum atomic E-state index is 11.9. The molecule has 0 aliphatic rings.